The van der Waals surface area contributed by atoms with Crippen molar-refractivity contribution in [3.8, 4) is 0 Å². The summed E-state index contributed by atoms with van der Waals surface area (Å²) in [4.78, 5) is 5.08. The van der Waals surface area contributed by atoms with E-state index in [9.17, 15) is 0 Å². The molecule has 1 unspecified atom stereocenters. The van der Waals surface area contributed by atoms with Gasteiger partial charge in [-0.05, 0) is 42.3 Å². The van der Waals surface area contributed by atoms with Crippen molar-refractivity contribution in [1.82, 2.24) is 15.4 Å². The molecule has 3 rings (SSSR count). The predicted octanol–water partition coefficient (Wildman–Crippen LogP) is 4.10. The molecule has 0 saturated heterocycles. The topological polar surface area (TPSA) is 28.2 Å². The second-order valence-electron chi connectivity index (χ2n) is 4.95. The number of nitrogens with one attached hydrogen (secondary N) is 1. The monoisotopic (exact) mass is 313 g/mol. The Hall–Kier alpha value is -1.78. The fraction of sp³-hybridized carbons (Fsp3) is 0.278. The zero-order chi connectivity index (χ0) is 16.1. The normalized spacial score (nSPS) is 17.3. The summed E-state index contributed by atoms with van der Waals surface area (Å²) >= 11 is 4.35. The maximum Gasteiger partial charge on any atom is 0.0643 e. The minimum Gasteiger partial charge on any atom is -0.310 e. The zero-order valence-electron chi connectivity index (χ0n) is 13.5. The van der Waals surface area contributed by atoms with E-state index in [1.807, 2.05) is 38.4 Å². The van der Waals surface area contributed by atoms with Crippen LogP contribution in [-0.4, -0.2) is 23.1 Å². The molecule has 0 aliphatic carbocycles. The Balaban J connectivity index is 0.000000847. The summed E-state index contributed by atoms with van der Waals surface area (Å²) in [5.74, 6) is 0. The molecular weight excluding hydrogens is 290 g/mol. The quantitative estimate of drug-likeness (QED) is 0.818. The Morgan fingerprint density at radius 2 is 1.59 bits per heavy atom. The first-order valence-corrected chi connectivity index (χ1v) is 8.05. The molecule has 1 aliphatic rings. The molecule has 116 valence electrons. The first-order chi connectivity index (χ1) is 10.7. The van der Waals surface area contributed by atoms with E-state index in [-0.39, 0.29) is 6.04 Å². The lowest BCUT2D eigenvalue weighted by Gasteiger charge is -2.17. The van der Waals surface area contributed by atoms with Crippen molar-refractivity contribution in [2.75, 3.05) is 7.05 Å². The van der Waals surface area contributed by atoms with Crippen molar-refractivity contribution in [3.05, 3.63) is 59.9 Å². The van der Waals surface area contributed by atoms with Crippen molar-refractivity contribution in [1.29, 1.82) is 0 Å². The molecule has 0 amide bonds. The molecule has 1 aromatic carbocycles. The Morgan fingerprint density at radius 3 is 2.18 bits per heavy atom. The lowest BCUT2D eigenvalue weighted by molar-refractivity contribution is 0.355. The van der Waals surface area contributed by atoms with Crippen LogP contribution in [-0.2, 0) is 0 Å². The number of hydrogen-bond donors (Lipinski definition) is 2. The number of nitrogens with zero attached hydrogens (tertiary/aromatic N) is 2. The van der Waals surface area contributed by atoms with Crippen LogP contribution in [0.25, 0.3) is 11.3 Å². The van der Waals surface area contributed by atoms with Crippen molar-refractivity contribution >= 4 is 23.9 Å². The van der Waals surface area contributed by atoms with E-state index in [2.05, 4.69) is 66.3 Å². The minimum atomic E-state index is 0.271. The van der Waals surface area contributed by atoms with E-state index in [1.165, 1.54) is 22.4 Å². The van der Waals surface area contributed by atoms with Crippen LogP contribution < -0.4 is 5.43 Å². The molecular formula is C18H23N3S. The number of benzene rings is 1. The van der Waals surface area contributed by atoms with Crippen molar-refractivity contribution in [2.45, 2.75) is 31.7 Å². The number of aromatic nitrogens is 1. The molecule has 0 radical (unpaired) electrons. The van der Waals surface area contributed by atoms with Crippen molar-refractivity contribution in [3.63, 3.8) is 0 Å². The fourth-order valence-corrected chi connectivity index (χ4v) is 2.84. The largest absolute Gasteiger partial charge is 0.310 e. The number of hydrazine groups is 1. The van der Waals surface area contributed by atoms with Crippen LogP contribution in [0.4, 0.5) is 0 Å². The highest BCUT2D eigenvalue weighted by Crippen LogP contribution is 2.35. The maximum atomic E-state index is 4.35. The van der Waals surface area contributed by atoms with Gasteiger partial charge in [0.1, 0.15) is 0 Å². The highest BCUT2D eigenvalue weighted by Gasteiger charge is 2.27. The van der Waals surface area contributed by atoms with Gasteiger partial charge in [0, 0.05) is 29.9 Å². The molecule has 1 N–H and O–H groups in total. The smallest absolute Gasteiger partial charge is 0.0643 e. The molecule has 4 heteroatoms. The predicted molar refractivity (Wildman–Crippen MR) is 96.5 cm³/mol. The zero-order valence-corrected chi connectivity index (χ0v) is 14.4. The van der Waals surface area contributed by atoms with Gasteiger partial charge in [-0.1, -0.05) is 26.0 Å². The molecule has 1 aliphatic heterocycles. The average Bonchev–Trinajstić information content (AvgIpc) is 2.85. The highest BCUT2D eigenvalue weighted by molar-refractivity contribution is 7.80. The van der Waals surface area contributed by atoms with E-state index in [0.717, 1.165) is 4.90 Å². The van der Waals surface area contributed by atoms with Crippen LogP contribution in [0.1, 0.15) is 31.9 Å². The van der Waals surface area contributed by atoms with Gasteiger partial charge in [-0.3, -0.25) is 4.98 Å². The van der Waals surface area contributed by atoms with Crippen molar-refractivity contribution in [2.24, 2.45) is 0 Å². The van der Waals surface area contributed by atoms with Gasteiger partial charge in [0.2, 0.25) is 0 Å². The van der Waals surface area contributed by atoms with Gasteiger partial charge in [-0.15, -0.1) is 12.6 Å². The van der Waals surface area contributed by atoms with Crippen LogP contribution in [0.3, 0.4) is 0 Å². The van der Waals surface area contributed by atoms with Crippen LogP contribution in [0.15, 0.2) is 53.7 Å². The lowest BCUT2D eigenvalue weighted by atomic mass is 9.97. The first kappa shape index (κ1) is 16.6. The Morgan fingerprint density at radius 1 is 1.00 bits per heavy atom. The standard InChI is InChI=1S/C16H17N3S.C2H6/c1-11-15(12-7-9-17-10-8-12)16(19(2)18-11)13-3-5-14(20)6-4-13;1-2/h3-11,18,20H,1-2H3;1-2H3. The number of hydrogen-bond acceptors (Lipinski definition) is 4. The van der Waals surface area contributed by atoms with Gasteiger partial charge < -0.3 is 5.01 Å². The summed E-state index contributed by atoms with van der Waals surface area (Å²) in [5, 5.41) is 2.09. The molecule has 1 aromatic heterocycles. The summed E-state index contributed by atoms with van der Waals surface area (Å²) < 4.78 is 0. The summed E-state index contributed by atoms with van der Waals surface area (Å²) in [6.45, 7) is 6.17. The Bertz CT molecular complexity index is 635. The van der Waals surface area contributed by atoms with Crippen molar-refractivity contribution < 1.29 is 0 Å². The molecule has 0 saturated carbocycles. The summed E-state index contributed by atoms with van der Waals surface area (Å²) in [5.41, 5.74) is 8.34. The third kappa shape index (κ3) is 3.34. The number of pyridine rings is 1. The third-order valence-electron chi connectivity index (χ3n) is 3.54. The maximum absolute atomic E-state index is 4.35. The molecule has 2 heterocycles. The fourth-order valence-electron chi connectivity index (χ4n) is 2.69. The molecule has 0 fully saturated rings. The second-order valence-corrected chi connectivity index (χ2v) is 5.47. The summed E-state index contributed by atoms with van der Waals surface area (Å²) in [6, 6.07) is 12.6. The molecule has 0 spiro atoms. The van der Waals surface area contributed by atoms with E-state index >= 15 is 0 Å². The average molecular weight is 313 g/mol. The third-order valence-corrected chi connectivity index (χ3v) is 3.84. The van der Waals surface area contributed by atoms with Crippen LogP contribution in [0, 0.1) is 0 Å². The Kier molecular flexibility index (Phi) is 5.63. The summed E-state index contributed by atoms with van der Waals surface area (Å²) in [6.07, 6.45) is 3.67. The van der Waals surface area contributed by atoms with Crippen LogP contribution in [0.5, 0.6) is 0 Å². The van der Waals surface area contributed by atoms with Gasteiger partial charge in [0.15, 0.2) is 0 Å². The van der Waals surface area contributed by atoms with Gasteiger partial charge in [-0.2, -0.15) is 0 Å². The van der Waals surface area contributed by atoms with Crippen LogP contribution >= 0.6 is 12.6 Å². The molecule has 1 atom stereocenters. The second kappa shape index (κ2) is 7.47. The highest BCUT2D eigenvalue weighted by atomic mass is 32.1. The van der Waals surface area contributed by atoms with E-state index in [0.29, 0.717) is 0 Å². The Labute approximate surface area is 138 Å². The van der Waals surface area contributed by atoms with E-state index in [4.69, 9.17) is 0 Å². The summed E-state index contributed by atoms with van der Waals surface area (Å²) in [7, 11) is 2.05. The molecule has 22 heavy (non-hydrogen) atoms. The first-order valence-electron chi connectivity index (χ1n) is 7.60. The number of rotatable bonds is 2. The van der Waals surface area contributed by atoms with Gasteiger partial charge >= 0.3 is 0 Å². The van der Waals surface area contributed by atoms with Gasteiger partial charge in [0.25, 0.3) is 0 Å². The van der Waals surface area contributed by atoms with Gasteiger partial charge in [0.05, 0.1) is 11.7 Å². The van der Waals surface area contributed by atoms with E-state index in [1.54, 1.807) is 0 Å². The lowest BCUT2D eigenvalue weighted by Crippen LogP contribution is -2.32. The van der Waals surface area contributed by atoms with E-state index < -0.39 is 0 Å². The molecule has 2 aromatic rings. The number of thiol groups is 1. The molecule has 3 nitrogen and oxygen atoms in total. The molecule has 0 bridgehead atoms. The van der Waals surface area contributed by atoms with Gasteiger partial charge in [-0.25, -0.2) is 5.43 Å². The SMILES string of the molecule is CC.CC1NN(C)C(c2ccc(S)cc2)=C1c1ccncc1. The minimum absolute atomic E-state index is 0.271. The van der Waals surface area contributed by atoms with Crippen LogP contribution in [0.2, 0.25) is 0 Å².